The number of likely N-dealkylation sites (N-methyl/N-ethyl adjacent to an activating group) is 1. The molecule has 23 heavy (non-hydrogen) atoms. The second-order valence-electron chi connectivity index (χ2n) is 6.57. The van der Waals surface area contributed by atoms with Crippen LogP contribution in [0.1, 0.15) is 48.3 Å². The number of carbonyl (C=O) groups is 1. The summed E-state index contributed by atoms with van der Waals surface area (Å²) in [6, 6.07) is 5.78. The Hall–Kier alpha value is -2.17. The molecular formula is C18H25N3O2. The van der Waals surface area contributed by atoms with Gasteiger partial charge in [-0.2, -0.15) is 0 Å². The molecule has 2 heterocycles. The van der Waals surface area contributed by atoms with Crippen molar-refractivity contribution in [2.45, 2.75) is 46.6 Å². The minimum Gasteiger partial charge on any atom is -0.351 e. The largest absolute Gasteiger partial charge is 0.351 e. The van der Waals surface area contributed by atoms with Crippen molar-refractivity contribution in [1.82, 2.24) is 15.0 Å². The fourth-order valence-electron chi connectivity index (χ4n) is 2.45. The third-order valence-corrected chi connectivity index (χ3v) is 3.85. The fourth-order valence-corrected chi connectivity index (χ4v) is 2.45. The van der Waals surface area contributed by atoms with Crippen molar-refractivity contribution in [1.29, 1.82) is 0 Å². The van der Waals surface area contributed by atoms with E-state index in [9.17, 15) is 4.79 Å². The van der Waals surface area contributed by atoms with Gasteiger partial charge in [-0.25, -0.2) is 0 Å². The number of aryl methyl sites for hydroxylation is 1. The lowest BCUT2D eigenvalue weighted by atomic mass is 10.1. The van der Waals surface area contributed by atoms with Crippen molar-refractivity contribution >= 4 is 5.91 Å². The van der Waals surface area contributed by atoms with Crippen molar-refractivity contribution in [2.75, 3.05) is 7.05 Å². The highest BCUT2D eigenvalue weighted by molar-refractivity contribution is 5.91. The Kier molecular flexibility index (Phi) is 5.53. The molecule has 5 nitrogen and oxygen atoms in total. The van der Waals surface area contributed by atoms with E-state index in [1.165, 1.54) is 5.56 Å². The second-order valence-corrected chi connectivity index (χ2v) is 6.57. The zero-order valence-corrected chi connectivity index (χ0v) is 14.5. The minimum atomic E-state index is -0.146. The Morgan fingerprint density at radius 3 is 2.61 bits per heavy atom. The average molecular weight is 315 g/mol. The Morgan fingerprint density at radius 1 is 1.22 bits per heavy atom. The van der Waals surface area contributed by atoms with Crippen LogP contribution in [0.5, 0.6) is 0 Å². The summed E-state index contributed by atoms with van der Waals surface area (Å²) in [5.74, 6) is 0.631. The highest BCUT2D eigenvalue weighted by Crippen LogP contribution is 2.14. The lowest BCUT2D eigenvalue weighted by Gasteiger charge is -2.23. The van der Waals surface area contributed by atoms with Gasteiger partial charge in [0.25, 0.3) is 5.91 Å². The molecule has 0 fully saturated rings. The number of pyridine rings is 1. The number of aromatic nitrogens is 2. The van der Waals surface area contributed by atoms with E-state index in [1.54, 1.807) is 24.2 Å². The number of carbonyl (C=O) groups excluding carboxylic acids is 1. The van der Waals surface area contributed by atoms with Crippen LogP contribution in [-0.2, 0) is 12.8 Å². The molecular weight excluding hydrogens is 290 g/mol. The molecule has 1 unspecified atom stereocenters. The molecule has 0 aliphatic heterocycles. The van der Waals surface area contributed by atoms with Crippen LogP contribution in [0.4, 0.5) is 0 Å². The molecule has 0 saturated carbocycles. The van der Waals surface area contributed by atoms with E-state index < -0.39 is 0 Å². The predicted octanol–water partition coefficient (Wildman–Crippen LogP) is 3.28. The summed E-state index contributed by atoms with van der Waals surface area (Å²) >= 11 is 0. The molecule has 0 N–H and O–H groups in total. The average Bonchev–Trinajstić information content (AvgIpc) is 2.93. The van der Waals surface area contributed by atoms with Gasteiger partial charge in [0.2, 0.25) is 5.76 Å². The fraction of sp³-hybridized carbons (Fsp3) is 0.500. The number of amides is 1. The van der Waals surface area contributed by atoms with E-state index in [0.29, 0.717) is 18.1 Å². The summed E-state index contributed by atoms with van der Waals surface area (Å²) in [7, 11) is 1.79. The molecule has 0 spiro atoms. The minimum absolute atomic E-state index is 0.0236. The third-order valence-electron chi connectivity index (χ3n) is 3.85. The van der Waals surface area contributed by atoms with E-state index in [0.717, 1.165) is 17.8 Å². The quantitative estimate of drug-likeness (QED) is 0.821. The van der Waals surface area contributed by atoms with E-state index in [1.807, 2.05) is 26.0 Å². The maximum Gasteiger partial charge on any atom is 0.292 e. The SMILES string of the molecule is Cc1ccnc(CC(C)N(C)C(=O)c2cc(CC(C)C)no2)c1. The first kappa shape index (κ1) is 17.2. The van der Waals surface area contributed by atoms with Crippen LogP contribution in [0, 0.1) is 12.8 Å². The van der Waals surface area contributed by atoms with Crippen LogP contribution in [0.15, 0.2) is 28.9 Å². The number of hydrogen-bond acceptors (Lipinski definition) is 4. The molecule has 2 aromatic rings. The van der Waals surface area contributed by atoms with Crippen LogP contribution in [0.2, 0.25) is 0 Å². The summed E-state index contributed by atoms with van der Waals surface area (Å²) in [6.45, 7) is 8.27. The normalized spacial score (nSPS) is 12.4. The molecule has 0 aromatic carbocycles. The van der Waals surface area contributed by atoms with Gasteiger partial charge in [0.1, 0.15) is 0 Å². The predicted molar refractivity (Wildman–Crippen MR) is 89.3 cm³/mol. The molecule has 0 saturated heterocycles. The maximum absolute atomic E-state index is 12.5. The Balaban J connectivity index is 2.02. The van der Waals surface area contributed by atoms with Crippen LogP contribution >= 0.6 is 0 Å². The molecule has 2 rings (SSSR count). The molecule has 0 bridgehead atoms. The zero-order valence-electron chi connectivity index (χ0n) is 14.5. The monoisotopic (exact) mass is 315 g/mol. The van der Waals surface area contributed by atoms with Gasteiger partial charge in [0.15, 0.2) is 0 Å². The van der Waals surface area contributed by atoms with Gasteiger partial charge >= 0.3 is 0 Å². The number of rotatable bonds is 6. The third kappa shape index (κ3) is 4.65. The standard InChI is InChI=1S/C18H25N3O2/c1-12(2)8-16-11-17(23-20-16)18(22)21(5)14(4)10-15-9-13(3)6-7-19-15/h6-7,9,11-12,14H,8,10H2,1-5H3. The lowest BCUT2D eigenvalue weighted by molar-refractivity contribution is 0.0700. The van der Waals surface area contributed by atoms with Crippen molar-refractivity contribution < 1.29 is 9.32 Å². The molecule has 5 heteroatoms. The smallest absolute Gasteiger partial charge is 0.292 e. The van der Waals surface area contributed by atoms with Gasteiger partial charge in [-0.05, 0) is 43.9 Å². The van der Waals surface area contributed by atoms with E-state index in [4.69, 9.17) is 4.52 Å². The molecule has 0 aliphatic carbocycles. The van der Waals surface area contributed by atoms with E-state index >= 15 is 0 Å². The first-order valence-corrected chi connectivity index (χ1v) is 8.01. The molecule has 1 amide bonds. The molecule has 2 aromatic heterocycles. The number of hydrogen-bond donors (Lipinski definition) is 0. The Morgan fingerprint density at radius 2 is 1.96 bits per heavy atom. The van der Waals surface area contributed by atoms with Crippen LogP contribution in [-0.4, -0.2) is 34.0 Å². The lowest BCUT2D eigenvalue weighted by Crippen LogP contribution is -2.36. The Bertz CT molecular complexity index is 664. The highest BCUT2D eigenvalue weighted by atomic mass is 16.5. The van der Waals surface area contributed by atoms with E-state index in [2.05, 4.69) is 24.0 Å². The summed E-state index contributed by atoms with van der Waals surface area (Å²) in [4.78, 5) is 18.6. The van der Waals surface area contributed by atoms with Crippen LogP contribution in [0.3, 0.4) is 0 Å². The van der Waals surface area contributed by atoms with Crippen LogP contribution in [0.25, 0.3) is 0 Å². The van der Waals surface area contributed by atoms with Crippen molar-refractivity contribution in [3.63, 3.8) is 0 Å². The van der Waals surface area contributed by atoms with Crippen LogP contribution < -0.4 is 0 Å². The second kappa shape index (κ2) is 7.40. The van der Waals surface area contributed by atoms with Crippen molar-refractivity contribution in [3.05, 3.63) is 47.1 Å². The molecule has 0 aliphatic rings. The summed E-state index contributed by atoms with van der Waals surface area (Å²) in [5, 5.41) is 3.98. The zero-order chi connectivity index (χ0) is 17.0. The summed E-state index contributed by atoms with van der Waals surface area (Å²) < 4.78 is 5.21. The van der Waals surface area contributed by atoms with Gasteiger partial charge in [-0.1, -0.05) is 19.0 Å². The van der Waals surface area contributed by atoms with Gasteiger partial charge in [-0.3, -0.25) is 9.78 Å². The first-order valence-electron chi connectivity index (χ1n) is 8.01. The van der Waals surface area contributed by atoms with E-state index in [-0.39, 0.29) is 11.9 Å². The summed E-state index contributed by atoms with van der Waals surface area (Å²) in [6.07, 6.45) is 3.31. The number of nitrogens with zero attached hydrogens (tertiary/aromatic N) is 3. The first-order chi connectivity index (χ1) is 10.9. The van der Waals surface area contributed by atoms with Crippen molar-refractivity contribution in [3.8, 4) is 0 Å². The molecule has 0 radical (unpaired) electrons. The van der Waals surface area contributed by atoms with Gasteiger partial charge in [0.05, 0.1) is 5.69 Å². The summed E-state index contributed by atoms with van der Waals surface area (Å²) in [5.41, 5.74) is 2.98. The van der Waals surface area contributed by atoms with Gasteiger partial charge < -0.3 is 9.42 Å². The highest BCUT2D eigenvalue weighted by Gasteiger charge is 2.22. The topological polar surface area (TPSA) is 59.2 Å². The molecule has 1 atom stereocenters. The van der Waals surface area contributed by atoms with Gasteiger partial charge in [-0.15, -0.1) is 0 Å². The van der Waals surface area contributed by atoms with Crippen molar-refractivity contribution in [2.24, 2.45) is 5.92 Å². The van der Waals surface area contributed by atoms with Gasteiger partial charge in [0, 0.05) is 37.5 Å². The maximum atomic E-state index is 12.5. The molecule has 124 valence electrons. The Labute approximate surface area is 137 Å².